The highest BCUT2D eigenvalue weighted by Crippen LogP contribution is 2.25. The van der Waals surface area contributed by atoms with Gasteiger partial charge in [-0.25, -0.2) is 0 Å². The van der Waals surface area contributed by atoms with Gasteiger partial charge in [0, 0.05) is 24.3 Å². The summed E-state index contributed by atoms with van der Waals surface area (Å²) in [5.41, 5.74) is 1.43. The van der Waals surface area contributed by atoms with Gasteiger partial charge in [0.15, 0.2) is 6.29 Å². The molecule has 0 aromatic heterocycles. The summed E-state index contributed by atoms with van der Waals surface area (Å²) in [5.74, 6) is 0. The van der Waals surface area contributed by atoms with Crippen LogP contribution in [0, 0.1) is 0 Å². The fourth-order valence-electron chi connectivity index (χ4n) is 2.17. The molecule has 1 saturated heterocycles. The van der Waals surface area contributed by atoms with Crippen LogP contribution >= 0.6 is 11.6 Å². The van der Waals surface area contributed by atoms with Crippen molar-refractivity contribution in [1.29, 1.82) is 0 Å². The predicted molar refractivity (Wildman–Crippen MR) is 70.5 cm³/mol. The summed E-state index contributed by atoms with van der Waals surface area (Å²) in [6.45, 7) is 3.34. The highest BCUT2D eigenvalue weighted by Gasteiger charge is 2.25. The van der Waals surface area contributed by atoms with Gasteiger partial charge < -0.3 is 14.7 Å². The van der Waals surface area contributed by atoms with E-state index in [1.807, 2.05) is 13.0 Å². The van der Waals surface area contributed by atoms with Crippen LogP contribution in [-0.4, -0.2) is 43.3 Å². The minimum Gasteiger partial charge on any atom is -0.394 e. The first-order valence-electron chi connectivity index (χ1n) is 5.90. The highest BCUT2D eigenvalue weighted by atomic mass is 35.5. The minimum atomic E-state index is -0.182. The van der Waals surface area contributed by atoms with E-state index in [-0.39, 0.29) is 18.8 Å². The lowest BCUT2D eigenvalue weighted by Crippen LogP contribution is -2.48. The van der Waals surface area contributed by atoms with E-state index in [0.717, 1.165) is 18.5 Å². The number of halogens is 1. The molecule has 5 heteroatoms. The number of aliphatic hydroxyl groups excluding tert-OH is 1. The summed E-state index contributed by atoms with van der Waals surface area (Å²) in [6.07, 6.45) is 0.614. The number of carbonyl (C=O) groups excluding carboxylic acids is 1. The van der Waals surface area contributed by atoms with E-state index in [2.05, 4.69) is 4.90 Å². The molecule has 98 valence electrons. The van der Waals surface area contributed by atoms with Gasteiger partial charge in [0.25, 0.3) is 0 Å². The molecule has 1 aliphatic heterocycles. The van der Waals surface area contributed by atoms with Gasteiger partial charge in [-0.2, -0.15) is 0 Å². The quantitative estimate of drug-likeness (QED) is 0.850. The molecule has 2 unspecified atom stereocenters. The van der Waals surface area contributed by atoms with E-state index in [0.29, 0.717) is 17.1 Å². The number of rotatable bonds is 3. The molecule has 0 radical (unpaired) electrons. The van der Waals surface area contributed by atoms with Crippen LogP contribution < -0.4 is 4.90 Å². The number of hydrogen-bond acceptors (Lipinski definition) is 4. The zero-order valence-corrected chi connectivity index (χ0v) is 10.9. The minimum absolute atomic E-state index is 0.000986. The molecule has 2 rings (SSSR count). The number of hydrogen-bond donors (Lipinski definition) is 1. The molecule has 1 heterocycles. The van der Waals surface area contributed by atoms with E-state index in [4.69, 9.17) is 16.3 Å². The number of morpholine rings is 1. The number of nitrogens with zero attached hydrogens (tertiary/aromatic N) is 1. The van der Waals surface area contributed by atoms with Gasteiger partial charge in [0.2, 0.25) is 0 Å². The summed E-state index contributed by atoms with van der Waals surface area (Å²) in [4.78, 5) is 12.8. The number of carbonyl (C=O) groups is 1. The Morgan fingerprint density at radius 3 is 2.94 bits per heavy atom. The van der Waals surface area contributed by atoms with E-state index in [9.17, 15) is 9.90 Å². The number of anilines is 1. The zero-order valence-electron chi connectivity index (χ0n) is 10.2. The third kappa shape index (κ3) is 2.83. The van der Waals surface area contributed by atoms with E-state index in [1.165, 1.54) is 0 Å². The normalized spacial score (nSPS) is 24.1. The summed E-state index contributed by atoms with van der Waals surface area (Å²) in [5, 5.41) is 9.63. The molecule has 0 aliphatic carbocycles. The molecular weight excluding hydrogens is 254 g/mol. The molecule has 1 fully saturated rings. The fourth-order valence-corrected chi connectivity index (χ4v) is 2.38. The predicted octanol–water partition coefficient (Wildman–Crippen LogP) is 1.74. The van der Waals surface area contributed by atoms with Crippen molar-refractivity contribution in [2.24, 2.45) is 0 Å². The number of aliphatic hydroxyl groups is 1. The second kappa shape index (κ2) is 5.69. The van der Waals surface area contributed by atoms with E-state index >= 15 is 0 Å². The summed E-state index contributed by atoms with van der Waals surface area (Å²) in [6, 6.07) is 5.35. The Morgan fingerprint density at radius 1 is 1.56 bits per heavy atom. The molecule has 4 nitrogen and oxygen atoms in total. The Labute approximate surface area is 111 Å². The first-order chi connectivity index (χ1) is 8.63. The lowest BCUT2D eigenvalue weighted by Gasteiger charge is -2.37. The molecule has 1 aromatic carbocycles. The maximum atomic E-state index is 10.7. The van der Waals surface area contributed by atoms with Gasteiger partial charge in [-0.1, -0.05) is 11.6 Å². The molecule has 0 amide bonds. The zero-order chi connectivity index (χ0) is 13.1. The van der Waals surface area contributed by atoms with Crippen molar-refractivity contribution in [1.82, 2.24) is 0 Å². The first-order valence-corrected chi connectivity index (χ1v) is 6.28. The van der Waals surface area contributed by atoms with Crippen molar-refractivity contribution >= 4 is 23.6 Å². The van der Waals surface area contributed by atoms with Crippen molar-refractivity contribution < 1.29 is 14.6 Å². The average molecular weight is 270 g/mol. The van der Waals surface area contributed by atoms with Crippen LogP contribution in [0.2, 0.25) is 5.02 Å². The van der Waals surface area contributed by atoms with Crippen LogP contribution in [-0.2, 0) is 4.74 Å². The third-order valence-corrected chi connectivity index (χ3v) is 3.33. The van der Waals surface area contributed by atoms with Crippen LogP contribution in [0.4, 0.5) is 5.69 Å². The lowest BCUT2D eigenvalue weighted by atomic mass is 10.1. The Kier molecular flexibility index (Phi) is 4.22. The Balaban J connectivity index is 2.20. The van der Waals surface area contributed by atoms with Gasteiger partial charge in [0.1, 0.15) is 0 Å². The molecule has 0 bridgehead atoms. The van der Waals surface area contributed by atoms with Gasteiger partial charge in [-0.05, 0) is 25.1 Å². The molecule has 18 heavy (non-hydrogen) atoms. The Hall–Kier alpha value is -1.10. The molecule has 1 aliphatic rings. The van der Waals surface area contributed by atoms with Crippen molar-refractivity contribution in [3.63, 3.8) is 0 Å². The lowest BCUT2D eigenvalue weighted by molar-refractivity contribution is -0.0421. The fraction of sp³-hybridized carbons (Fsp3) is 0.462. The largest absolute Gasteiger partial charge is 0.394 e. The molecule has 1 N–H and O–H groups in total. The summed E-state index contributed by atoms with van der Waals surface area (Å²) >= 11 is 6.02. The standard InChI is InChI=1S/C13H16ClNO3/c1-9-5-15(6-12(8-17)18-9)11-3-2-10(7-16)13(14)4-11/h2-4,7,9,12,17H,5-6,8H2,1H3. The Morgan fingerprint density at radius 2 is 2.33 bits per heavy atom. The van der Waals surface area contributed by atoms with Gasteiger partial charge in [0.05, 0.1) is 23.8 Å². The maximum absolute atomic E-state index is 10.7. The molecule has 2 atom stereocenters. The van der Waals surface area contributed by atoms with Crippen LogP contribution in [0.3, 0.4) is 0 Å². The second-order valence-electron chi connectivity index (χ2n) is 4.48. The van der Waals surface area contributed by atoms with Crippen molar-refractivity contribution in [3.05, 3.63) is 28.8 Å². The molecule has 0 saturated carbocycles. The van der Waals surface area contributed by atoms with E-state index in [1.54, 1.807) is 12.1 Å². The molecular formula is C13H16ClNO3. The highest BCUT2D eigenvalue weighted by molar-refractivity contribution is 6.33. The first kappa shape index (κ1) is 13.3. The van der Waals surface area contributed by atoms with Gasteiger partial charge in [-0.3, -0.25) is 4.79 Å². The van der Waals surface area contributed by atoms with Crippen molar-refractivity contribution in [3.8, 4) is 0 Å². The second-order valence-corrected chi connectivity index (χ2v) is 4.89. The van der Waals surface area contributed by atoms with Crippen LogP contribution in [0.15, 0.2) is 18.2 Å². The van der Waals surface area contributed by atoms with Crippen LogP contribution in [0.5, 0.6) is 0 Å². The van der Waals surface area contributed by atoms with Crippen LogP contribution in [0.1, 0.15) is 17.3 Å². The number of aldehydes is 1. The summed E-state index contributed by atoms with van der Waals surface area (Å²) < 4.78 is 5.58. The van der Waals surface area contributed by atoms with Gasteiger partial charge >= 0.3 is 0 Å². The van der Waals surface area contributed by atoms with Crippen molar-refractivity contribution in [2.75, 3.05) is 24.6 Å². The van der Waals surface area contributed by atoms with Crippen molar-refractivity contribution in [2.45, 2.75) is 19.1 Å². The smallest absolute Gasteiger partial charge is 0.151 e. The number of ether oxygens (including phenoxy) is 1. The molecule has 0 spiro atoms. The summed E-state index contributed by atoms with van der Waals surface area (Å²) in [7, 11) is 0. The average Bonchev–Trinajstić information content (AvgIpc) is 2.37. The maximum Gasteiger partial charge on any atom is 0.151 e. The Bertz CT molecular complexity index is 438. The van der Waals surface area contributed by atoms with Crippen LogP contribution in [0.25, 0.3) is 0 Å². The number of benzene rings is 1. The van der Waals surface area contributed by atoms with Gasteiger partial charge in [-0.15, -0.1) is 0 Å². The van der Waals surface area contributed by atoms with E-state index < -0.39 is 0 Å². The monoisotopic (exact) mass is 269 g/mol. The topological polar surface area (TPSA) is 49.8 Å². The third-order valence-electron chi connectivity index (χ3n) is 3.01. The SMILES string of the molecule is CC1CN(c2ccc(C=O)c(Cl)c2)CC(CO)O1. The molecule has 1 aromatic rings.